The van der Waals surface area contributed by atoms with Crippen molar-refractivity contribution >= 4 is 5.97 Å². The van der Waals surface area contributed by atoms with Crippen molar-refractivity contribution in [3.8, 4) is 12.3 Å². The Hall–Kier alpha value is -0.970. The number of hydrogen-bond acceptors (Lipinski definition) is 2. The van der Waals surface area contributed by atoms with Gasteiger partial charge in [-0.05, 0) is 0 Å². The van der Waals surface area contributed by atoms with Crippen LogP contribution in [0.25, 0.3) is 0 Å². The standard InChI is InChI=1S/C5H6O2.CH4/c1-3-4-7-5(2)6;/h1H,4H2,2H3;1H4. The molecular weight excluding hydrogens is 104 g/mol. The zero-order chi connectivity index (χ0) is 5.70. The van der Waals surface area contributed by atoms with E-state index < -0.39 is 0 Å². The van der Waals surface area contributed by atoms with Crippen LogP contribution in [0.1, 0.15) is 14.4 Å². The number of carbonyl (C=O) groups is 1. The van der Waals surface area contributed by atoms with Crippen molar-refractivity contribution in [2.75, 3.05) is 6.61 Å². The molecule has 0 atom stereocenters. The molecule has 0 aliphatic carbocycles. The molecule has 8 heavy (non-hydrogen) atoms. The normalized spacial score (nSPS) is 6.00. The van der Waals surface area contributed by atoms with Gasteiger partial charge in [0.25, 0.3) is 0 Å². The van der Waals surface area contributed by atoms with Gasteiger partial charge in [-0.25, -0.2) is 0 Å². The lowest BCUT2D eigenvalue weighted by molar-refractivity contribution is -0.139. The van der Waals surface area contributed by atoms with Crippen LogP contribution < -0.4 is 0 Å². The minimum atomic E-state index is -0.335. The van der Waals surface area contributed by atoms with E-state index in [0.717, 1.165) is 0 Å². The number of carbonyl (C=O) groups excluding carboxylic acids is 1. The summed E-state index contributed by atoms with van der Waals surface area (Å²) in [5.41, 5.74) is 0. The van der Waals surface area contributed by atoms with Gasteiger partial charge in [0.15, 0.2) is 6.61 Å². The smallest absolute Gasteiger partial charge is 0.303 e. The number of ether oxygens (including phenoxy) is 1. The third kappa shape index (κ3) is 8.90. The van der Waals surface area contributed by atoms with Gasteiger partial charge >= 0.3 is 5.97 Å². The summed E-state index contributed by atoms with van der Waals surface area (Å²) >= 11 is 0. The third-order valence-electron chi connectivity index (χ3n) is 0.359. The van der Waals surface area contributed by atoms with E-state index >= 15 is 0 Å². The van der Waals surface area contributed by atoms with E-state index in [2.05, 4.69) is 10.7 Å². The van der Waals surface area contributed by atoms with E-state index in [4.69, 9.17) is 6.42 Å². The van der Waals surface area contributed by atoms with E-state index in [1.807, 2.05) is 0 Å². The van der Waals surface area contributed by atoms with Crippen LogP contribution >= 0.6 is 0 Å². The van der Waals surface area contributed by atoms with Crippen LogP contribution in [0.5, 0.6) is 0 Å². The Morgan fingerprint density at radius 2 is 2.38 bits per heavy atom. The summed E-state index contributed by atoms with van der Waals surface area (Å²) in [6.07, 6.45) is 4.75. The Balaban J connectivity index is 0. The summed E-state index contributed by atoms with van der Waals surface area (Å²) in [7, 11) is 0. The second kappa shape index (κ2) is 6.03. The van der Waals surface area contributed by atoms with Crippen LogP contribution in [-0.2, 0) is 9.53 Å². The van der Waals surface area contributed by atoms with E-state index in [1.165, 1.54) is 6.92 Å². The molecule has 0 saturated heterocycles. The second-order valence-corrected chi connectivity index (χ2v) is 0.984. The zero-order valence-electron chi connectivity index (χ0n) is 4.10. The summed E-state index contributed by atoms with van der Waals surface area (Å²) in [5, 5.41) is 0. The summed E-state index contributed by atoms with van der Waals surface area (Å²) < 4.78 is 4.32. The van der Waals surface area contributed by atoms with Crippen molar-refractivity contribution < 1.29 is 9.53 Å². The SMILES string of the molecule is C.C#CCOC(C)=O. The lowest BCUT2D eigenvalue weighted by Crippen LogP contribution is -1.96. The van der Waals surface area contributed by atoms with Gasteiger partial charge in [0.05, 0.1) is 0 Å². The molecule has 0 N–H and O–H groups in total. The van der Waals surface area contributed by atoms with Gasteiger partial charge in [-0.1, -0.05) is 13.3 Å². The molecule has 0 aromatic heterocycles. The predicted octanol–water partition coefficient (Wildman–Crippen LogP) is 0.819. The monoisotopic (exact) mass is 114 g/mol. The quantitative estimate of drug-likeness (QED) is 0.372. The van der Waals surface area contributed by atoms with Crippen molar-refractivity contribution in [1.29, 1.82) is 0 Å². The van der Waals surface area contributed by atoms with E-state index in [9.17, 15) is 4.79 Å². The Labute approximate surface area is 49.8 Å². The summed E-state index contributed by atoms with van der Waals surface area (Å²) in [5.74, 6) is 1.82. The Morgan fingerprint density at radius 1 is 1.88 bits per heavy atom. The molecule has 2 nitrogen and oxygen atoms in total. The molecule has 0 aromatic carbocycles. The van der Waals surface area contributed by atoms with Crippen LogP contribution in [0.3, 0.4) is 0 Å². The number of terminal acetylenes is 1. The Bertz CT molecular complexity index is 99.6. The highest BCUT2D eigenvalue weighted by Gasteiger charge is 1.83. The van der Waals surface area contributed by atoms with Gasteiger partial charge in [-0.15, -0.1) is 6.42 Å². The molecule has 0 aliphatic heterocycles. The molecular formula is C6H10O2. The second-order valence-electron chi connectivity index (χ2n) is 0.984. The molecule has 0 radical (unpaired) electrons. The van der Waals surface area contributed by atoms with Gasteiger partial charge in [0.1, 0.15) is 0 Å². The Morgan fingerprint density at radius 3 is 2.50 bits per heavy atom. The lowest BCUT2D eigenvalue weighted by atomic mass is 10.7. The molecule has 0 spiro atoms. The fourth-order valence-corrected chi connectivity index (χ4v) is 0.143. The average molecular weight is 114 g/mol. The highest BCUT2D eigenvalue weighted by atomic mass is 16.5. The first-order valence-corrected chi connectivity index (χ1v) is 1.84. The Kier molecular flexibility index (Phi) is 7.62. The average Bonchev–Trinajstić information content (AvgIpc) is 1.61. The summed E-state index contributed by atoms with van der Waals surface area (Å²) in [6.45, 7) is 1.40. The zero-order valence-corrected chi connectivity index (χ0v) is 4.10. The van der Waals surface area contributed by atoms with E-state index in [0.29, 0.717) is 0 Å². The molecule has 0 rings (SSSR count). The summed E-state index contributed by atoms with van der Waals surface area (Å²) in [4.78, 5) is 9.88. The first-order valence-electron chi connectivity index (χ1n) is 1.84. The molecule has 0 aliphatic rings. The molecule has 2 heteroatoms. The first-order chi connectivity index (χ1) is 3.27. The maximum Gasteiger partial charge on any atom is 0.303 e. The minimum Gasteiger partial charge on any atom is -0.453 e. The van der Waals surface area contributed by atoms with Crippen molar-refractivity contribution in [3.63, 3.8) is 0 Å². The van der Waals surface area contributed by atoms with Crippen molar-refractivity contribution in [2.45, 2.75) is 14.4 Å². The molecule has 0 aromatic rings. The van der Waals surface area contributed by atoms with Crippen LogP contribution in [0, 0.1) is 12.3 Å². The van der Waals surface area contributed by atoms with Gasteiger partial charge in [0, 0.05) is 6.92 Å². The van der Waals surface area contributed by atoms with Crippen LogP contribution in [0.2, 0.25) is 0 Å². The van der Waals surface area contributed by atoms with Crippen molar-refractivity contribution in [2.24, 2.45) is 0 Å². The molecule has 0 amide bonds. The molecule has 0 unspecified atom stereocenters. The van der Waals surface area contributed by atoms with Crippen LogP contribution in [-0.4, -0.2) is 12.6 Å². The van der Waals surface area contributed by atoms with Gasteiger partial charge in [-0.3, -0.25) is 4.79 Å². The minimum absolute atomic E-state index is 0. The van der Waals surface area contributed by atoms with Crippen LogP contribution in [0.15, 0.2) is 0 Å². The topological polar surface area (TPSA) is 26.3 Å². The maximum absolute atomic E-state index is 9.88. The third-order valence-corrected chi connectivity index (χ3v) is 0.359. The number of hydrogen-bond donors (Lipinski definition) is 0. The molecule has 0 fully saturated rings. The van der Waals surface area contributed by atoms with Crippen molar-refractivity contribution in [3.05, 3.63) is 0 Å². The van der Waals surface area contributed by atoms with Crippen LogP contribution in [0.4, 0.5) is 0 Å². The maximum atomic E-state index is 9.88. The fourth-order valence-electron chi connectivity index (χ4n) is 0.143. The number of esters is 1. The lowest BCUT2D eigenvalue weighted by Gasteiger charge is -1.89. The largest absolute Gasteiger partial charge is 0.453 e. The molecule has 0 bridgehead atoms. The molecule has 0 saturated carbocycles. The predicted molar refractivity (Wildman–Crippen MR) is 32.2 cm³/mol. The van der Waals surface area contributed by atoms with Gasteiger partial charge < -0.3 is 4.74 Å². The first kappa shape index (κ1) is 10.1. The molecule has 46 valence electrons. The van der Waals surface area contributed by atoms with E-state index in [-0.39, 0.29) is 20.0 Å². The number of rotatable bonds is 1. The molecule has 0 heterocycles. The highest BCUT2D eigenvalue weighted by Crippen LogP contribution is 1.70. The van der Waals surface area contributed by atoms with E-state index in [1.54, 1.807) is 0 Å². The van der Waals surface area contributed by atoms with Crippen molar-refractivity contribution in [1.82, 2.24) is 0 Å². The highest BCUT2D eigenvalue weighted by molar-refractivity contribution is 5.66. The summed E-state index contributed by atoms with van der Waals surface area (Å²) in [6, 6.07) is 0. The fraction of sp³-hybridized carbons (Fsp3) is 0.500. The van der Waals surface area contributed by atoms with Gasteiger partial charge in [0.2, 0.25) is 0 Å². The van der Waals surface area contributed by atoms with Gasteiger partial charge in [-0.2, -0.15) is 0 Å².